The number of benzene rings is 1. The van der Waals surface area contributed by atoms with E-state index in [2.05, 4.69) is 32.3 Å². The van der Waals surface area contributed by atoms with Crippen molar-refractivity contribution in [1.82, 2.24) is 20.2 Å². The van der Waals surface area contributed by atoms with Gasteiger partial charge in [-0.1, -0.05) is 32.9 Å². The molecule has 1 aromatic carbocycles. The van der Waals surface area contributed by atoms with E-state index in [9.17, 15) is 19.8 Å². The number of esters is 2. The molecule has 5 aliphatic rings. The molecule has 2 unspecified atom stereocenters. The number of likely N-dealkylation sites (N-methyl/N-ethyl adjacent to an activating group) is 1. The summed E-state index contributed by atoms with van der Waals surface area (Å²) < 4.78 is 74.7. The van der Waals surface area contributed by atoms with Crippen LogP contribution in [0.4, 0.5) is 4.79 Å². The van der Waals surface area contributed by atoms with E-state index in [4.69, 9.17) is 61.7 Å². The molecule has 0 saturated carbocycles. The zero-order valence-electron chi connectivity index (χ0n) is 49.3. The smallest absolute Gasteiger partial charge is 0.408 e. The minimum atomic E-state index is -1.47. The lowest BCUT2D eigenvalue weighted by Gasteiger charge is -2.42. The highest BCUT2D eigenvalue weighted by molar-refractivity contribution is 5.89. The Morgan fingerprint density at radius 1 is 0.926 bits per heavy atom. The topological polar surface area (TPSA) is 285 Å². The van der Waals surface area contributed by atoms with Crippen LogP contribution in [-0.4, -0.2) is 202 Å². The lowest BCUT2D eigenvalue weighted by Crippen LogP contribution is -2.59. The number of hydrogen-bond donors (Lipinski definition) is 4. The van der Waals surface area contributed by atoms with E-state index < -0.39 is 140 Å². The number of aliphatic hydroxyl groups excluding tert-OH is 2. The van der Waals surface area contributed by atoms with Crippen LogP contribution in [0.2, 0.25) is 0 Å². The minimum Gasteiger partial charge on any atom is -0.497 e. The number of ketones is 1. The highest BCUT2D eigenvalue weighted by Crippen LogP contribution is 2.39. The first-order valence-corrected chi connectivity index (χ1v) is 28.6. The van der Waals surface area contributed by atoms with E-state index in [-0.39, 0.29) is 70.1 Å². The molecule has 4 N–H and O–H groups in total. The number of aliphatic hydroxyl groups is 2. The monoisotopic (exact) mass is 1150 g/mol. The van der Waals surface area contributed by atoms with Gasteiger partial charge in [-0.15, -0.1) is 0 Å². The number of nitrogens with one attached hydrogen (secondary N) is 2. The van der Waals surface area contributed by atoms with E-state index >= 15 is 9.59 Å². The summed E-state index contributed by atoms with van der Waals surface area (Å²) in [6.07, 6.45) is -12.9. The van der Waals surface area contributed by atoms with Gasteiger partial charge < -0.3 is 87.1 Å². The summed E-state index contributed by atoms with van der Waals surface area (Å²) in [6, 6.07) is 4.68. The number of amides is 1. The van der Waals surface area contributed by atoms with Crippen LogP contribution < -0.4 is 10.1 Å². The van der Waals surface area contributed by atoms with Crippen molar-refractivity contribution in [2.75, 3.05) is 55.2 Å². The third-order valence-corrected chi connectivity index (χ3v) is 16.4. The van der Waals surface area contributed by atoms with Gasteiger partial charge in [0.25, 0.3) is 0 Å². The number of carbonyl (C=O) groups excluding carboxylic acids is 4. The number of ether oxygens (including phenoxy) is 12. The standard InChI is InChI=1S/C57H89N5O19/c1-28(2)20-45(63)73-27-35-14-17-42(29(3)26-74-56-52(71-12)51(70-11)47(64)34(8)76-56)78-54(67)38-23-37-25-62(9)30(4)21-46(77-37)81-50(38)32(6)43(79-55-49(66)41(61-72-13)22-31(5)75-55)18-19-44(48(35)65)80-57(68)58-33(7)53-59-39-16-15-36(69-10)24-40(39)60-53/h15-16,24,28-35,37-38,42-44,46-47,49-52,55-56,64,66H,14,17-23,25-27H2,1-13H3,(H,58,68)(H,59,60)/b61-41+/t29-,30?,31+,32+,33?,34+,35-,37-,38+,42-,43-,44-,46-,47+,49+,50-,51+,52+,55-,56+/m0/s1. The van der Waals surface area contributed by atoms with Crippen molar-refractivity contribution < 1.29 is 91.1 Å². The number of aromatic nitrogens is 2. The van der Waals surface area contributed by atoms with Gasteiger partial charge >= 0.3 is 18.0 Å². The van der Waals surface area contributed by atoms with Crippen molar-refractivity contribution in [2.24, 2.45) is 34.7 Å². The third kappa shape index (κ3) is 16.4. The van der Waals surface area contributed by atoms with Crippen molar-refractivity contribution in [2.45, 2.75) is 205 Å². The number of oxime groups is 1. The summed E-state index contributed by atoms with van der Waals surface area (Å²) in [5, 5.41) is 29.6. The average molecular weight is 1150 g/mol. The van der Waals surface area contributed by atoms with Crippen molar-refractivity contribution in [1.29, 1.82) is 0 Å². The number of cyclic esters (lactones) is 1. The third-order valence-electron chi connectivity index (χ3n) is 16.4. The maximum absolute atomic E-state index is 15.5. The molecule has 1 aromatic heterocycles. The fourth-order valence-electron chi connectivity index (χ4n) is 11.5. The number of fused-ring (bicyclic) bond motifs is 4. The summed E-state index contributed by atoms with van der Waals surface area (Å²) in [5.41, 5.74) is 1.61. The Labute approximate surface area is 475 Å². The van der Waals surface area contributed by atoms with Gasteiger partial charge in [-0.25, -0.2) is 9.78 Å². The minimum absolute atomic E-state index is 0.00137. The second-order valence-corrected chi connectivity index (χ2v) is 23.1. The van der Waals surface area contributed by atoms with Crippen LogP contribution >= 0.6 is 0 Å². The highest BCUT2D eigenvalue weighted by Gasteiger charge is 2.50. The fourth-order valence-corrected chi connectivity index (χ4v) is 11.5. The molecule has 81 heavy (non-hydrogen) atoms. The number of alkyl carbamates (subject to hydrolysis) is 1. The Morgan fingerprint density at radius 3 is 2.38 bits per heavy atom. The molecule has 0 aliphatic carbocycles. The maximum atomic E-state index is 15.5. The Morgan fingerprint density at radius 2 is 1.68 bits per heavy atom. The second-order valence-electron chi connectivity index (χ2n) is 23.1. The molecule has 2 aromatic rings. The van der Waals surface area contributed by atoms with Crippen LogP contribution in [0.1, 0.15) is 119 Å². The number of H-pyrrole nitrogens is 1. The predicted molar refractivity (Wildman–Crippen MR) is 291 cm³/mol. The van der Waals surface area contributed by atoms with E-state index in [0.29, 0.717) is 41.3 Å². The molecule has 456 valence electrons. The van der Waals surface area contributed by atoms with E-state index in [1.54, 1.807) is 39.2 Å². The zero-order chi connectivity index (χ0) is 58.8. The normalized spacial score (nSPS) is 36.1. The average Bonchev–Trinajstić information content (AvgIpc) is 4.01. The van der Waals surface area contributed by atoms with Gasteiger partial charge in [0.15, 0.2) is 30.8 Å². The summed E-state index contributed by atoms with van der Waals surface area (Å²) in [7, 11) is 7.87. The molecule has 6 heterocycles. The van der Waals surface area contributed by atoms with Gasteiger partial charge in [0.2, 0.25) is 0 Å². The first-order chi connectivity index (χ1) is 38.6. The van der Waals surface area contributed by atoms with E-state index in [1.165, 1.54) is 21.3 Å². The number of nitrogens with zero attached hydrogens (tertiary/aromatic N) is 3. The number of aromatic amines is 1. The molecule has 7 rings (SSSR count). The molecule has 24 nitrogen and oxygen atoms in total. The van der Waals surface area contributed by atoms with Crippen molar-refractivity contribution in [3.05, 3.63) is 24.0 Å². The second kappa shape index (κ2) is 29.3. The van der Waals surface area contributed by atoms with Crippen LogP contribution in [0, 0.1) is 29.6 Å². The van der Waals surface area contributed by atoms with Gasteiger partial charge in [0.05, 0.1) is 78.9 Å². The van der Waals surface area contributed by atoms with Gasteiger partial charge in [-0.2, -0.15) is 0 Å². The van der Waals surface area contributed by atoms with Gasteiger partial charge in [-0.05, 0) is 84.9 Å². The zero-order valence-corrected chi connectivity index (χ0v) is 49.3. The van der Waals surface area contributed by atoms with Crippen LogP contribution in [-0.2, 0) is 71.3 Å². The highest BCUT2D eigenvalue weighted by atomic mass is 16.7. The molecule has 1 amide bonds. The molecule has 0 spiro atoms. The number of methoxy groups -OCH3 is 3. The van der Waals surface area contributed by atoms with Crippen molar-refractivity contribution >= 4 is 40.6 Å². The van der Waals surface area contributed by atoms with Crippen LogP contribution in [0.25, 0.3) is 11.0 Å². The predicted octanol–water partition coefficient (Wildman–Crippen LogP) is 5.14. The quantitative estimate of drug-likeness (QED) is 0.0906. The number of carbonyl (C=O) groups is 4. The van der Waals surface area contributed by atoms with E-state index in [0.717, 1.165) is 0 Å². The molecule has 0 radical (unpaired) electrons. The Bertz CT molecular complexity index is 2410. The number of hydrogen-bond acceptors (Lipinski definition) is 22. The number of rotatable bonds is 17. The summed E-state index contributed by atoms with van der Waals surface area (Å²) in [6.45, 7) is 14.9. The largest absolute Gasteiger partial charge is 0.497 e. The fraction of sp³-hybridized carbons (Fsp3) is 0.789. The Kier molecular flexibility index (Phi) is 23.1. The first-order valence-electron chi connectivity index (χ1n) is 28.6. The number of imidazole rings is 1. The molecule has 5 saturated heterocycles. The van der Waals surface area contributed by atoms with Crippen LogP contribution in [0.15, 0.2) is 23.4 Å². The SMILES string of the molecule is CO/N=C1\C[C@@H](C)O[C@@H](O[C@H]2CC[C@H](OC(=O)NC(C)c3nc4ccc(OC)cc4[nH]3)C(=O)[C@H](COC(=O)CC(C)C)CC[C@@H]([C@@H](C)CO[C@@H]3O[C@H](C)[C@@H](O)[C@@H](OC)[C@H]3OC)OC(=O)[C@@H]3C[C@H]4CN(C)C(C)C[C@@H](O4)O[C@H]3[C@@H]2C)[C@@H]1O. The lowest BCUT2D eigenvalue weighted by atomic mass is 9.82. The van der Waals surface area contributed by atoms with Gasteiger partial charge in [-0.3, -0.25) is 14.4 Å². The molecule has 2 bridgehead atoms. The summed E-state index contributed by atoms with van der Waals surface area (Å²) in [5.74, 6) is -4.00. The first kappa shape index (κ1) is 64.0. The van der Waals surface area contributed by atoms with Crippen LogP contribution in [0.3, 0.4) is 0 Å². The number of Topliss-reactive ketones (excluding diaryl/α,β-unsaturated/α-hetero) is 1. The van der Waals surface area contributed by atoms with Crippen LogP contribution in [0.5, 0.6) is 5.75 Å². The Hall–Kier alpha value is -4.60. The molecule has 24 heteroatoms. The van der Waals surface area contributed by atoms with Crippen molar-refractivity contribution in [3.63, 3.8) is 0 Å². The van der Waals surface area contributed by atoms with E-state index in [1.807, 2.05) is 41.7 Å². The van der Waals surface area contributed by atoms with Gasteiger partial charge in [0, 0.05) is 64.0 Å². The maximum Gasteiger partial charge on any atom is 0.408 e. The summed E-state index contributed by atoms with van der Waals surface area (Å²) >= 11 is 0. The lowest BCUT2D eigenvalue weighted by molar-refractivity contribution is -0.304. The van der Waals surface area contributed by atoms with Crippen molar-refractivity contribution in [3.8, 4) is 5.75 Å². The molecule has 20 atom stereocenters. The molecular formula is C57H89N5O19. The Balaban J connectivity index is 1.28. The summed E-state index contributed by atoms with van der Waals surface area (Å²) in [4.78, 5) is 73.6. The molecule has 5 aliphatic heterocycles. The molecular weight excluding hydrogens is 1060 g/mol. The molecule has 5 fully saturated rings. The van der Waals surface area contributed by atoms with Gasteiger partial charge in [0.1, 0.15) is 55.8 Å².